The normalized spacial score (nSPS) is 11.9. The van der Waals surface area contributed by atoms with Gasteiger partial charge >= 0.3 is 5.97 Å². The summed E-state index contributed by atoms with van der Waals surface area (Å²) < 4.78 is 14.2. The molecule has 42 heavy (non-hydrogen) atoms. The fourth-order valence-corrected chi connectivity index (χ4v) is 4.96. The molecule has 0 radical (unpaired) electrons. The van der Waals surface area contributed by atoms with Crippen LogP contribution in [0.15, 0.2) is 60.7 Å². The molecule has 2 heterocycles. The number of aromatic hydroxyl groups is 1. The Labute approximate surface area is 241 Å². The van der Waals surface area contributed by atoms with Gasteiger partial charge in [-0.1, -0.05) is 12.1 Å². The van der Waals surface area contributed by atoms with E-state index >= 15 is 0 Å². The van der Waals surface area contributed by atoms with Crippen molar-refractivity contribution in [2.24, 2.45) is 7.05 Å². The molecule has 0 saturated carbocycles. The fourth-order valence-electron chi connectivity index (χ4n) is 4.96. The molecule has 0 aliphatic heterocycles. The van der Waals surface area contributed by atoms with Gasteiger partial charge in [0.25, 0.3) is 5.91 Å². The van der Waals surface area contributed by atoms with Crippen LogP contribution in [0.2, 0.25) is 0 Å². The maximum Gasteiger partial charge on any atom is 0.341 e. The van der Waals surface area contributed by atoms with Crippen molar-refractivity contribution in [3.63, 3.8) is 0 Å². The van der Waals surface area contributed by atoms with Crippen LogP contribution in [0.25, 0.3) is 22.1 Å². The minimum atomic E-state index is -0.465. The molecule has 0 aliphatic rings. The van der Waals surface area contributed by atoms with Gasteiger partial charge in [-0.15, -0.1) is 0 Å². The smallest absolute Gasteiger partial charge is 0.341 e. The maximum absolute atomic E-state index is 12.9. The number of aromatic nitrogens is 4. The van der Waals surface area contributed by atoms with E-state index in [2.05, 4.69) is 10.3 Å². The van der Waals surface area contributed by atoms with E-state index in [1.807, 2.05) is 18.5 Å². The second kappa shape index (κ2) is 11.7. The molecule has 216 valence electrons. The second-order valence-corrected chi connectivity index (χ2v) is 9.77. The van der Waals surface area contributed by atoms with Gasteiger partial charge in [0.2, 0.25) is 5.91 Å². The van der Waals surface area contributed by atoms with Gasteiger partial charge in [-0.2, -0.15) is 0 Å². The third kappa shape index (κ3) is 5.40. The van der Waals surface area contributed by atoms with Gasteiger partial charge in [-0.05, 0) is 56.3 Å². The molecular formula is C31H31N5O6. The molecule has 1 amide bonds. The second-order valence-electron chi connectivity index (χ2n) is 9.77. The van der Waals surface area contributed by atoms with Gasteiger partial charge in [-0.25, -0.2) is 14.8 Å². The lowest BCUT2D eigenvalue weighted by Gasteiger charge is -2.13. The van der Waals surface area contributed by atoms with Crippen molar-refractivity contribution in [2.45, 2.75) is 26.7 Å². The lowest BCUT2D eigenvalue weighted by atomic mass is 10.1. The molecule has 0 bridgehead atoms. The number of esters is 1. The summed E-state index contributed by atoms with van der Waals surface area (Å²) in [7, 11) is 1.85. The third-order valence-electron chi connectivity index (χ3n) is 6.96. The number of amides is 1. The first-order valence-corrected chi connectivity index (χ1v) is 13.6. The van der Waals surface area contributed by atoms with Crippen molar-refractivity contribution in [3.05, 3.63) is 83.4 Å². The highest BCUT2D eigenvalue weighted by molar-refractivity contribution is 5.97. The number of aryl methyl sites for hydroxylation is 1. The molecule has 5 aromatic rings. The topological polar surface area (TPSA) is 138 Å². The summed E-state index contributed by atoms with van der Waals surface area (Å²) in [5, 5.41) is 12.7. The van der Waals surface area contributed by atoms with Crippen LogP contribution in [0.5, 0.6) is 11.5 Å². The van der Waals surface area contributed by atoms with Crippen LogP contribution < -0.4 is 10.1 Å². The number of phenolic OH excluding ortho intramolecular Hbond substituents is 1. The van der Waals surface area contributed by atoms with E-state index in [1.54, 1.807) is 55.5 Å². The highest BCUT2D eigenvalue weighted by Crippen LogP contribution is 2.30. The Hall–Kier alpha value is -5.19. The van der Waals surface area contributed by atoms with Crippen LogP contribution in [-0.4, -0.2) is 61.8 Å². The number of phenols is 1. The number of benzene rings is 3. The lowest BCUT2D eigenvalue weighted by molar-refractivity contribution is 0.0521. The fraction of sp³-hybridized carbons (Fsp3) is 0.258. The molecule has 0 aliphatic carbocycles. The van der Waals surface area contributed by atoms with Crippen molar-refractivity contribution >= 4 is 39.9 Å². The number of para-hydroxylation sites is 1. The Morgan fingerprint density at radius 1 is 0.976 bits per heavy atom. The average molecular weight is 570 g/mol. The van der Waals surface area contributed by atoms with Crippen LogP contribution in [0.4, 0.5) is 0 Å². The first-order valence-electron chi connectivity index (χ1n) is 13.6. The highest BCUT2D eigenvalue weighted by atomic mass is 16.5. The molecule has 1 unspecified atom stereocenters. The molecule has 11 heteroatoms. The zero-order chi connectivity index (χ0) is 30.0. The largest absolute Gasteiger partial charge is 0.508 e. The molecule has 1 atom stereocenters. The molecule has 2 N–H and O–H groups in total. The summed E-state index contributed by atoms with van der Waals surface area (Å²) in [6.07, 6.45) is 0. The van der Waals surface area contributed by atoms with Gasteiger partial charge in [0.15, 0.2) is 0 Å². The quantitative estimate of drug-likeness (QED) is 0.197. The number of hydrogen-bond donors (Lipinski definition) is 2. The van der Waals surface area contributed by atoms with Gasteiger partial charge in [0.1, 0.15) is 35.3 Å². The zero-order valence-corrected chi connectivity index (χ0v) is 23.7. The molecule has 11 nitrogen and oxygen atoms in total. The minimum Gasteiger partial charge on any atom is -0.508 e. The molecule has 2 aromatic heterocycles. The zero-order valence-electron chi connectivity index (χ0n) is 23.7. The van der Waals surface area contributed by atoms with Crippen LogP contribution in [0.1, 0.15) is 63.8 Å². The summed E-state index contributed by atoms with van der Waals surface area (Å²) in [6, 6.07) is 16.7. The Morgan fingerprint density at radius 3 is 2.50 bits per heavy atom. The number of carbonyl (C=O) groups is 3. The van der Waals surface area contributed by atoms with E-state index in [0.29, 0.717) is 45.1 Å². The van der Waals surface area contributed by atoms with Gasteiger partial charge in [0.05, 0.1) is 41.1 Å². The Balaban J connectivity index is 1.31. The number of hydrogen-bond acceptors (Lipinski definition) is 8. The monoisotopic (exact) mass is 569 g/mol. The number of imidazole rings is 2. The summed E-state index contributed by atoms with van der Waals surface area (Å²) in [5.41, 5.74) is 3.33. The van der Waals surface area contributed by atoms with Crippen LogP contribution >= 0.6 is 0 Å². The van der Waals surface area contributed by atoms with E-state index in [4.69, 9.17) is 14.5 Å². The summed E-state index contributed by atoms with van der Waals surface area (Å²) in [6.45, 7) is 5.75. The van der Waals surface area contributed by atoms with Crippen LogP contribution in [0, 0.1) is 0 Å². The van der Waals surface area contributed by atoms with E-state index in [-0.39, 0.29) is 43.2 Å². The summed E-state index contributed by atoms with van der Waals surface area (Å²) >= 11 is 0. The Kier molecular flexibility index (Phi) is 7.92. The molecule has 0 saturated heterocycles. The number of rotatable bonds is 9. The van der Waals surface area contributed by atoms with Gasteiger partial charge < -0.3 is 24.5 Å². The molecule has 0 fully saturated rings. The summed E-state index contributed by atoms with van der Waals surface area (Å²) in [5.74, 6) is 0.308. The van der Waals surface area contributed by atoms with Crippen molar-refractivity contribution < 1.29 is 29.0 Å². The Morgan fingerprint density at radius 2 is 1.74 bits per heavy atom. The van der Waals surface area contributed by atoms with E-state index in [0.717, 1.165) is 5.52 Å². The van der Waals surface area contributed by atoms with Crippen LogP contribution in [-0.2, 0) is 11.8 Å². The van der Waals surface area contributed by atoms with E-state index < -0.39 is 5.97 Å². The van der Waals surface area contributed by atoms with Gasteiger partial charge in [-0.3, -0.25) is 14.2 Å². The number of carbonyl (C=O) groups excluding carboxylic acids is 3. The molecule has 0 spiro atoms. The highest BCUT2D eigenvalue weighted by Gasteiger charge is 2.25. The maximum atomic E-state index is 12.9. The van der Waals surface area contributed by atoms with Crippen molar-refractivity contribution in [2.75, 3.05) is 19.8 Å². The number of nitrogens with zero attached hydrogens (tertiary/aromatic N) is 4. The first kappa shape index (κ1) is 28.3. The molecular weight excluding hydrogens is 538 g/mol. The number of fused-ring (bicyclic) bond motifs is 2. The predicted octanol–water partition coefficient (Wildman–Crippen LogP) is 4.43. The predicted molar refractivity (Wildman–Crippen MR) is 156 cm³/mol. The summed E-state index contributed by atoms with van der Waals surface area (Å²) in [4.78, 5) is 47.1. The number of ether oxygens (including phenoxy) is 2. The third-order valence-corrected chi connectivity index (χ3v) is 6.96. The molecule has 5 rings (SSSR count). The molecule has 3 aromatic carbocycles. The van der Waals surface area contributed by atoms with Crippen molar-refractivity contribution in [3.8, 4) is 11.5 Å². The van der Waals surface area contributed by atoms with Crippen molar-refractivity contribution in [1.29, 1.82) is 0 Å². The Bertz CT molecular complexity index is 1820. The average Bonchev–Trinajstić information content (AvgIpc) is 3.52. The minimum absolute atomic E-state index is 0.0662. The van der Waals surface area contributed by atoms with Gasteiger partial charge in [0, 0.05) is 25.6 Å². The van der Waals surface area contributed by atoms with Crippen molar-refractivity contribution in [1.82, 2.24) is 24.4 Å². The van der Waals surface area contributed by atoms with E-state index in [9.17, 15) is 19.5 Å². The lowest BCUT2D eigenvalue weighted by Crippen LogP contribution is -2.28. The van der Waals surface area contributed by atoms with E-state index in [1.165, 1.54) is 23.6 Å². The number of nitrogens with one attached hydrogen (secondary N) is 1. The first-order chi connectivity index (χ1) is 20.2. The SMILES string of the molecule is CCOC(=O)c1ccccc1OCCNC(=O)c1ccc2nc(C(C)c3nc4cc(O)ccc4n3C(C)=O)n(C)c2c1. The van der Waals surface area contributed by atoms with Crippen LogP contribution in [0.3, 0.4) is 0 Å². The standard InChI is InChI=1S/C31H31N5O6/c1-5-41-31(40)22-8-6-7-9-27(22)42-15-14-32-30(39)20-10-12-23-26(16-20)35(4)28(33-23)18(2)29-34-24-17-21(38)11-13-25(24)36(29)19(3)37/h6-13,16-18,38H,5,14-15H2,1-4H3,(H,32,39).